The minimum Gasteiger partial charge on any atom is -0.313 e. The van der Waals surface area contributed by atoms with Gasteiger partial charge >= 0.3 is 12.2 Å². The third-order valence-corrected chi connectivity index (χ3v) is 5.46. The van der Waals surface area contributed by atoms with Gasteiger partial charge < -0.3 is 9.47 Å². The monoisotopic (exact) mass is 414 g/mol. The highest BCUT2D eigenvalue weighted by Gasteiger charge is 2.43. The molecule has 1 aromatic heterocycles. The van der Waals surface area contributed by atoms with Gasteiger partial charge in [-0.25, -0.2) is 9.97 Å². The van der Waals surface area contributed by atoms with Crippen molar-refractivity contribution in [2.75, 3.05) is 0 Å². The summed E-state index contributed by atoms with van der Waals surface area (Å²) in [6, 6.07) is 0. The van der Waals surface area contributed by atoms with E-state index in [1.165, 1.54) is 18.5 Å². The number of ether oxygens (including phenoxy) is 2. The van der Waals surface area contributed by atoms with E-state index in [4.69, 9.17) is 9.47 Å². The van der Waals surface area contributed by atoms with Gasteiger partial charge in [0.1, 0.15) is 0 Å². The van der Waals surface area contributed by atoms with Gasteiger partial charge in [-0.2, -0.15) is 17.6 Å². The molecule has 0 N–H and O–H groups in total. The lowest BCUT2D eigenvalue weighted by atomic mass is 9.87. The van der Waals surface area contributed by atoms with Crippen LogP contribution in [-0.4, -0.2) is 28.3 Å². The third-order valence-electron chi connectivity index (χ3n) is 5.46. The minimum absolute atomic E-state index is 0.0427. The van der Waals surface area contributed by atoms with E-state index in [1.54, 1.807) is 6.92 Å². The second-order valence-electron chi connectivity index (χ2n) is 7.75. The normalized spacial score (nSPS) is 26.1. The van der Waals surface area contributed by atoms with Gasteiger partial charge in [-0.1, -0.05) is 12.2 Å². The Morgan fingerprint density at radius 2 is 1.59 bits per heavy atom. The van der Waals surface area contributed by atoms with Gasteiger partial charge in [0, 0.05) is 18.0 Å². The van der Waals surface area contributed by atoms with Crippen LogP contribution in [-0.2, 0) is 15.6 Å². The molecule has 1 fully saturated rings. The van der Waals surface area contributed by atoms with Crippen molar-refractivity contribution in [1.29, 1.82) is 0 Å². The summed E-state index contributed by atoms with van der Waals surface area (Å²) in [6.45, 7) is 5.43. The van der Waals surface area contributed by atoms with Gasteiger partial charge in [0.2, 0.25) is 5.82 Å². The zero-order valence-electron chi connectivity index (χ0n) is 16.4. The molecule has 0 radical (unpaired) electrons. The highest BCUT2D eigenvalue weighted by Crippen LogP contribution is 2.39. The lowest BCUT2D eigenvalue weighted by molar-refractivity contribution is -0.280. The van der Waals surface area contributed by atoms with Gasteiger partial charge in [0.05, 0.1) is 12.2 Å². The summed E-state index contributed by atoms with van der Waals surface area (Å²) >= 11 is 0. The maximum atomic E-state index is 14.5. The topological polar surface area (TPSA) is 44.2 Å². The van der Waals surface area contributed by atoms with Gasteiger partial charge in [-0.05, 0) is 63.4 Å². The number of halogens is 4. The molecule has 0 aliphatic heterocycles. The van der Waals surface area contributed by atoms with Crippen LogP contribution in [0.5, 0.6) is 0 Å². The molecule has 1 heterocycles. The molecule has 0 bridgehead atoms. The lowest BCUT2D eigenvalue weighted by Gasteiger charge is -2.33. The SMILES string of the molecule is C=CC1CCC(OC(F)(F)C2=CCC(OC(F)(F)c3ncc(C)cn3)CC2)CC1. The average Bonchev–Trinajstić information content (AvgIpc) is 2.69. The highest BCUT2D eigenvalue weighted by atomic mass is 19.3. The third kappa shape index (κ3) is 5.63. The van der Waals surface area contributed by atoms with Crippen molar-refractivity contribution in [1.82, 2.24) is 9.97 Å². The molecule has 29 heavy (non-hydrogen) atoms. The first-order chi connectivity index (χ1) is 13.7. The summed E-state index contributed by atoms with van der Waals surface area (Å²) in [5.41, 5.74) is 0.480. The second-order valence-corrected chi connectivity index (χ2v) is 7.75. The molecule has 1 saturated carbocycles. The number of aryl methyl sites for hydroxylation is 1. The zero-order chi connectivity index (χ0) is 21.1. The molecule has 3 rings (SSSR count). The number of rotatable bonds is 7. The van der Waals surface area contributed by atoms with Gasteiger partial charge in [0.25, 0.3) is 0 Å². The molecule has 1 aromatic rings. The number of hydrogen-bond donors (Lipinski definition) is 0. The quantitative estimate of drug-likeness (QED) is 0.425. The highest BCUT2D eigenvalue weighted by molar-refractivity contribution is 5.14. The summed E-state index contributed by atoms with van der Waals surface area (Å²) in [6.07, 6.45) is -0.142. The van der Waals surface area contributed by atoms with Crippen molar-refractivity contribution in [3.63, 3.8) is 0 Å². The molecule has 0 amide bonds. The van der Waals surface area contributed by atoms with Crippen molar-refractivity contribution >= 4 is 0 Å². The van der Waals surface area contributed by atoms with Crippen LogP contribution >= 0.6 is 0 Å². The Morgan fingerprint density at radius 1 is 0.966 bits per heavy atom. The van der Waals surface area contributed by atoms with Gasteiger partial charge in [0.15, 0.2) is 0 Å². The van der Waals surface area contributed by atoms with Crippen LogP contribution in [0, 0.1) is 12.8 Å². The van der Waals surface area contributed by atoms with E-state index in [-0.39, 0.29) is 24.8 Å². The number of allylic oxidation sites excluding steroid dienone is 1. The molecular formula is C21H26F4N2O2. The van der Waals surface area contributed by atoms with Gasteiger partial charge in [-0.15, -0.1) is 6.58 Å². The molecule has 160 valence electrons. The Hall–Kier alpha value is -1.80. The van der Waals surface area contributed by atoms with Crippen LogP contribution in [0.15, 0.2) is 36.7 Å². The maximum absolute atomic E-state index is 14.5. The van der Waals surface area contributed by atoms with Crippen LogP contribution in [0.3, 0.4) is 0 Å². The Bertz CT molecular complexity index is 729. The molecule has 4 nitrogen and oxygen atoms in total. The summed E-state index contributed by atoms with van der Waals surface area (Å²) in [7, 11) is 0. The van der Waals surface area contributed by atoms with Crippen LogP contribution in [0.4, 0.5) is 17.6 Å². The number of hydrogen-bond acceptors (Lipinski definition) is 4. The van der Waals surface area contributed by atoms with E-state index in [0.717, 1.165) is 12.8 Å². The van der Waals surface area contributed by atoms with Crippen molar-refractivity contribution in [3.05, 3.63) is 48.1 Å². The fourth-order valence-corrected chi connectivity index (χ4v) is 3.71. The Labute approximate surface area is 168 Å². The summed E-state index contributed by atoms with van der Waals surface area (Å²) in [5.74, 6) is -0.379. The first-order valence-electron chi connectivity index (χ1n) is 9.92. The van der Waals surface area contributed by atoms with Crippen LogP contribution in [0.25, 0.3) is 0 Å². The molecular weight excluding hydrogens is 388 g/mol. The van der Waals surface area contributed by atoms with E-state index in [1.807, 2.05) is 6.08 Å². The maximum Gasteiger partial charge on any atom is 0.417 e. The fraction of sp³-hybridized carbons (Fsp3) is 0.619. The first kappa shape index (κ1) is 21.9. The average molecular weight is 414 g/mol. The Morgan fingerprint density at radius 3 is 2.14 bits per heavy atom. The minimum atomic E-state index is -3.67. The predicted octanol–water partition coefficient (Wildman–Crippen LogP) is 5.68. The summed E-state index contributed by atoms with van der Waals surface area (Å²) in [4.78, 5) is 7.20. The van der Waals surface area contributed by atoms with Crippen molar-refractivity contribution in [2.45, 2.75) is 76.3 Å². The number of alkyl halides is 4. The van der Waals surface area contributed by atoms with E-state index in [2.05, 4.69) is 16.5 Å². The lowest BCUT2D eigenvalue weighted by Crippen LogP contribution is -2.35. The number of nitrogens with zero attached hydrogens (tertiary/aromatic N) is 2. The zero-order valence-corrected chi connectivity index (χ0v) is 16.4. The predicted molar refractivity (Wildman–Crippen MR) is 99.4 cm³/mol. The van der Waals surface area contributed by atoms with E-state index in [9.17, 15) is 17.6 Å². The summed E-state index contributed by atoms with van der Waals surface area (Å²) in [5, 5.41) is 0. The van der Waals surface area contributed by atoms with E-state index < -0.39 is 30.2 Å². The van der Waals surface area contributed by atoms with E-state index in [0.29, 0.717) is 24.3 Å². The van der Waals surface area contributed by atoms with Gasteiger partial charge in [-0.3, -0.25) is 0 Å². The molecule has 0 saturated heterocycles. The smallest absolute Gasteiger partial charge is 0.313 e. The standard InChI is InChI=1S/C21H26F4N2O2/c1-3-15-4-8-17(9-5-15)28-20(22,23)16-6-10-18(11-7-16)29-21(24,25)19-26-12-14(2)13-27-19/h3,6,12-13,15,17-18H,1,4-5,7-11H2,2H3. The largest absolute Gasteiger partial charge is 0.417 e. The Balaban J connectivity index is 1.55. The first-order valence-corrected chi connectivity index (χ1v) is 9.92. The molecule has 8 heteroatoms. The van der Waals surface area contributed by atoms with Crippen LogP contribution in [0.1, 0.15) is 56.3 Å². The Kier molecular flexibility index (Phi) is 6.73. The van der Waals surface area contributed by atoms with Crippen molar-refractivity contribution < 1.29 is 27.0 Å². The summed E-state index contributed by atoms with van der Waals surface area (Å²) < 4.78 is 67.4. The second kappa shape index (κ2) is 8.92. The van der Waals surface area contributed by atoms with E-state index >= 15 is 0 Å². The molecule has 2 aliphatic rings. The van der Waals surface area contributed by atoms with Crippen LogP contribution in [0.2, 0.25) is 0 Å². The number of aromatic nitrogens is 2. The molecule has 2 aliphatic carbocycles. The molecule has 1 unspecified atom stereocenters. The van der Waals surface area contributed by atoms with Crippen LogP contribution < -0.4 is 0 Å². The fourth-order valence-electron chi connectivity index (χ4n) is 3.71. The molecule has 0 spiro atoms. The van der Waals surface area contributed by atoms with Crippen molar-refractivity contribution in [2.24, 2.45) is 5.92 Å². The molecule has 0 aromatic carbocycles. The molecule has 1 atom stereocenters. The van der Waals surface area contributed by atoms with Crippen molar-refractivity contribution in [3.8, 4) is 0 Å².